The van der Waals surface area contributed by atoms with Crippen molar-refractivity contribution in [3.05, 3.63) is 60.1 Å². The molecule has 2 aromatic heterocycles. The van der Waals surface area contributed by atoms with Gasteiger partial charge in [0.25, 0.3) is 11.8 Å². The lowest BCUT2D eigenvalue weighted by molar-refractivity contribution is -0.127. The number of primary amides is 1. The Morgan fingerprint density at radius 1 is 1.23 bits per heavy atom. The predicted octanol–water partition coefficient (Wildman–Crippen LogP) is 2.61. The van der Waals surface area contributed by atoms with Crippen molar-refractivity contribution in [3.8, 4) is 5.75 Å². The summed E-state index contributed by atoms with van der Waals surface area (Å²) in [5.74, 6) is -0.261. The summed E-state index contributed by atoms with van der Waals surface area (Å²) < 4.78 is 7.41. The third-order valence-electron chi connectivity index (χ3n) is 7.26. The molecule has 0 radical (unpaired) electrons. The second kappa shape index (κ2) is 14.5. The number of nitrogens with two attached hydrogens (primary N) is 1. The maximum absolute atomic E-state index is 12.8. The molecular formula is C30H40N10O4. The molecule has 3 heterocycles. The first-order valence-corrected chi connectivity index (χ1v) is 14.4. The van der Waals surface area contributed by atoms with Crippen molar-refractivity contribution in [2.24, 2.45) is 5.73 Å². The molecule has 1 aliphatic heterocycles. The minimum absolute atomic E-state index is 0.0251. The van der Waals surface area contributed by atoms with Crippen molar-refractivity contribution in [2.75, 3.05) is 58.0 Å². The summed E-state index contributed by atoms with van der Waals surface area (Å²) in [4.78, 5) is 49.7. The van der Waals surface area contributed by atoms with Crippen molar-refractivity contribution in [1.29, 1.82) is 0 Å². The summed E-state index contributed by atoms with van der Waals surface area (Å²) in [6.45, 7) is 8.05. The maximum atomic E-state index is 12.8. The van der Waals surface area contributed by atoms with Crippen molar-refractivity contribution in [2.45, 2.75) is 32.2 Å². The lowest BCUT2D eigenvalue weighted by atomic mass is 10.1. The number of hydrogen-bond acceptors (Lipinski definition) is 10. The lowest BCUT2D eigenvalue weighted by Crippen LogP contribution is -2.39. The highest BCUT2D eigenvalue weighted by molar-refractivity contribution is 5.99. The molecule has 14 heteroatoms. The number of nitrogens with zero attached hydrogens (tertiary/aromatic N) is 6. The van der Waals surface area contributed by atoms with Gasteiger partial charge in [-0.3, -0.25) is 19.1 Å². The Bertz CT molecular complexity index is 1520. The van der Waals surface area contributed by atoms with Crippen molar-refractivity contribution >= 4 is 40.9 Å². The van der Waals surface area contributed by atoms with Crippen LogP contribution in [0, 0.1) is 6.92 Å². The first-order chi connectivity index (χ1) is 21.1. The van der Waals surface area contributed by atoms with Gasteiger partial charge < -0.3 is 36.2 Å². The zero-order chi connectivity index (χ0) is 31.8. The number of amides is 3. The van der Waals surface area contributed by atoms with Crippen LogP contribution in [-0.4, -0.2) is 94.7 Å². The van der Waals surface area contributed by atoms with E-state index in [1.165, 1.54) is 19.4 Å². The van der Waals surface area contributed by atoms with Crippen LogP contribution in [0.4, 0.5) is 23.1 Å². The molecule has 3 aromatic rings. The van der Waals surface area contributed by atoms with Gasteiger partial charge in [-0.1, -0.05) is 6.58 Å². The number of aromatic nitrogens is 4. The highest BCUT2D eigenvalue weighted by atomic mass is 16.5. The fourth-order valence-electron chi connectivity index (χ4n) is 4.97. The Hall–Kier alpha value is -4.98. The van der Waals surface area contributed by atoms with Gasteiger partial charge in [0.05, 0.1) is 30.7 Å². The fraction of sp³-hybridized carbons (Fsp3) is 0.400. The second-order valence-corrected chi connectivity index (χ2v) is 10.8. The van der Waals surface area contributed by atoms with E-state index in [2.05, 4.69) is 42.5 Å². The number of likely N-dealkylation sites (tertiary alicyclic amines) is 1. The van der Waals surface area contributed by atoms with Crippen LogP contribution in [0.5, 0.6) is 5.75 Å². The van der Waals surface area contributed by atoms with E-state index >= 15 is 0 Å². The molecule has 234 valence electrons. The minimum atomic E-state index is -0.715. The number of anilines is 4. The highest BCUT2D eigenvalue weighted by Gasteiger charge is 2.24. The number of nitrogens with one attached hydrogen (secondary N) is 3. The van der Waals surface area contributed by atoms with Gasteiger partial charge in [-0.15, -0.1) is 0 Å². The van der Waals surface area contributed by atoms with Crippen LogP contribution in [0.25, 0.3) is 0 Å². The zero-order valence-corrected chi connectivity index (χ0v) is 25.6. The number of carbonyl (C=O) groups is 3. The fourth-order valence-corrected chi connectivity index (χ4v) is 4.97. The third kappa shape index (κ3) is 7.89. The molecule has 1 atom stereocenters. The van der Waals surface area contributed by atoms with Crippen LogP contribution in [-0.2, 0) is 4.79 Å². The Morgan fingerprint density at radius 2 is 2.02 bits per heavy atom. The smallest absolute Gasteiger partial charge is 0.254 e. The van der Waals surface area contributed by atoms with Gasteiger partial charge in [-0.25, -0.2) is 4.98 Å². The van der Waals surface area contributed by atoms with Gasteiger partial charge in [-0.05, 0) is 70.6 Å². The Balaban J connectivity index is 1.52. The van der Waals surface area contributed by atoms with E-state index in [4.69, 9.17) is 10.5 Å². The number of hydrogen-bond donors (Lipinski definition) is 4. The predicted molar refractivity (Wildman–Crippen MR) is 168 cm³/mol. The van der Waals surface area contributed by atoms with Gasteiger partial charge >= 0.3 is 0 Å². The molecule has 0 unspecified atom stereocenters. The number of ether oxygens (including phenoxy) is 1. The Labute approximate surface area is 256 Å². The maximum Gasteiger partial charge on any atom is 0.254 e. The number of rotatable bonds is 13. The first-order valence-electron chi connectivity index (χ1n) is 14.4. The molecule has 14 nitrogen and oxygen atoms in total. The van der Waals surface area contributed by atoms with Crippen molar-refractivity contribution < 1.29 is 19.1 Å². The Morgan fingerprint density at radius 3 is 2.73 bits per heavy atom. The van der Waals surface area contributed by atoms with E-state index in [1.54, 1.807) is 23.2 Å². The van der Waals surface area contributed by atoms with E-state index in [0.717, 1.165) is 25.8 Å². The number of benzene rings is 1. The van der Waals surface area contributed by atoms with Gasteiger partial charge in [0.15, 0.2) is 0 Å². The molecule has 4 rings (SSSR count). The van der Waals surface area contributed by atoms with Crippen molar-refractivity contribution in [1.82, 2.24) is 34.9 Å². The lowest BCUT2D eigenvalue weighted by Gasteiger charge is -2.32. The largest absolute Gasteiger partial charge is 0.495 e. The van der Waals surface area contributed by atoms with Crippen LogP contribution in [0.1, 0.15) is 51.6 Å². The second-order valence-electron chi connectivity index (χ2n) is 10.8. The topological polar surface area (TPSA) is 173 Å². The summed E-state index contributed by atoms with van der Waals surface area (Å²) in [6.07, 6.45) is 8.70. The molecule has 5 N–H and O–H groups in total. The van der Waals surface area contributed by atoms with Crippen LogP contribution in [0.2, 0.25) is 0 Å². The SMILES string of the molecule is C=CC(=O)N1CCC[C@@H](n2cc(Nc3ncc(C(N)=O)c(Nc4c(C)cc(C(=O)NCCCN(C)C)cc4OC)n3)cn2)C1. The van der Waals surface area contributed by atoms with Crippen LogP contribution in [0.3, 0.4) is 0 Å². The quantitative estimate of drug-likeness (QED) is 0.168. The standard InChI is InChI=1S/C30H40N10O4/c1-6-25(41)39-12-7-9-22(18-39)40-17-21(15-34-40)35-30-33-16-23(27(31)42)28(37-30)36-26-19(2)13-20(14-24(26)44-5)29(43)32-10-8-11-38(3)4/h6,13-17,22H,1,7-12,18H2,2-5H3,(H2,31,42)(H,32,43)(H2,33,35,36,37)/t22-/m1/s1. The summed E-state index contributed by atoms with van der Waals surface area (Å²) in [7, 11) is 5.46. The van der Waals surface area contributed by atoms with Gasteiger partial charge in [0.1, 0.15) is 17.1 Å². The highest BCUT2D eigenvalue weighted by Crippen LogP contribution is 2.33. The molecule has 1 aromatic carbocycles. The first kappa shape index (κ1) is 31.9. The number of carbonyl (C=O) groups excluding carboxylic acids is 3. The number of piperidine rings is 1. The molecule has 1 saturated heterocycles. The normalized spacial score (nSPS) is 14.7. The molecule has 0 bridgehead atoms. The Kier molecular flexibility index (Phi) is 10.5. The molecule has 0 spiro atoms. The molecule has 0 saturated carbocycles. The van der Waals surface area contributed by atoms with E-state index < -0.39 is 5.91 Å². The molecule has 1 fully saturated rings. The average molecular weight is 605 g/mol. The van der Waals surface area contributed by atoms with E-state index in [-0.39, 0.29) is 35.2 Å². The van der Waals surface area contributed by atoms with Crippen molar-refractivity contribution in [3.63, 3.8) is 0 Å². The van der Waals surface area contributed by atoms with Crippen LogP contribution in [0.15, 0.2) is 43.4 Å². The van der Waals surface area contributed by atoms with Crippen LogP contribution >= 0.6 is 0 Å². The van der Waals surface area contributed by atoms with Gasteiger partial charge in [0.2, 0.25) is 11.9 Å². The van der Waals surface area contributed by atoms with E-state index in [0.29, 0.717) is 47.9 Å². The third-order valence-corrected chi connectivity index (χ3v) is 7.26. The summed E-state index contributed by atoms with van der Waals surface area (Å²) in [5.41, 5.74) is 8.00. The van der Waals surface area contributed by atoms with Gasteiger partial charge in [0, 0.05) is 37.6 Å². The summed E-state index contributed by atoms with van der Waals surface area (Å²) in [6, 6.07) is 3.39. The monoisotopic (exact) mass is 604 g/mol. The average Bonchev–Trinajstić information content (AvgIpc) is 3.48. The van der Waals surface area contributed by atoms with Crippen LogP contribution < -0.4 is 26.4 Å². The molecular weight excluding hydrogens is 564 g/mol. The molecule has 0 aliphatic carbocycles. The molecule has 44 heavy (non-hydrogen) atoms. The molecule has 1 aliphatic rings. The zero-order valence-electron chi connectivity index (χ0n) is 25.6. The number of aryl methyl sites for hydroxylation is 1. The van der Waals surface area contributed by atoms with E-state index in [9.17, 15) is 14.4 Å². The van der Waals surface area contributed by atoms with Gasteiger partial charge in [-0.2, -0.15) is 10.1 Å². The number of methoxy groups -OCH3 is 1. The summed E-state index contributed by atoms with van der Waals surface area (Å²) >= 11 is 0. The minimum Gasteiger partial charge on any atom is -0.495 e. The summed E-state index contributed by atoms with van der Waals surface area (Å²) in [5, 5.41) is 13.7. The molecule has 3 amide bonds. The van der Waals surface area contributed by atoms with E-state index in [1.807, 2.05) is 31.9 Å².